The molecule has 0 radical (unpaired) electrons. The molecule has 20 heavy (non-hydrogen) atoms. The van der Waals surface area contributed by atoms with E-state index >= 15 is 0 Å². The lowest BCUT2D eigenvalue weighted by molar-refractivity contribution is 0.0169. The molecule has 0 spiro atoms. The topological polar surface area (TPSA) is 26.3 Å². The van der Waals surface area contributed by atoms with Crippen LogP contribution in [0.1, 0.15) is 40.7 Å². The second-order valence-electron chi connectivity index (χ2n) is 5.34. The van der Waals surface area contributed by atoms with E-state index in [-0.39, 0.29) is 18.0 Å². The zero-order chi connectivity index (χ0) is 13.9. The molecule has 1 aliphatic rings. The maximum absolute atomic E-state index is 12.0. The second-order valence-corrected chi connectivity index (χ2v) is 5.34. The molecule has 2 aromatic carbocycles. The van der Waals surface area contributed by atoms with Crippen LogP contribution in [-0.4, -0.2) is 12.1 Å². The van der Waals surface area contributed by atoms with Gasteiger partial charge in [0.05, 0.1) is 5.56 Å². The van der Waals surface area contributed by atoms with Crippen LogP contribution in [0.4, 0.5) is 0 Å². The molecule has 2 atom stereocenters. The van der Waals surface area contributed by atoms with E-state index in [2.05, 4.69) is 19.1 Å². The van der Waals surface area contributed by atoms with Crippen LogP contribution in [-0.2, 0) is 11.2 Å². The zero-order valence-electron chi connectivity index (χ0n) is 11.6. The number of fused-ring (bicyclic) bond motifs is 1. The normalized spacial score (nSPS) is 21.1. The standard InChI is InChI=1S/C18H18O2/c1-13-15-9-5-6-10-16(15)18(19)20-17(13)12-11-14-7-3-2-4-8-14/h2-10,13,17H,11-12H2,1H3/t13-,17+/m1/s1. The summed E-state index contributed by atoms with van der Waals surface area (Å²) in [4.78, 5) is 12.0. The van der Waals surface area contributed by atoms with Crippen LogP contribution in [0.5, 0.6) is 0 Å². The lowest BCUT2D eigenvalue weighted by Crippen LogP contribution is -2.31. The minimum atomic E-state index is -0.184. The van der Waals surface area contributed by atoms with E-state index in [1.54, 1.807) is 0 Å². The monoisotopic (exact) mass is 266 g/mol. The van der Waals surface area contributed by atoms with Crippen LogP contribution in [0.25, 0.3) is 0 Å². The Morgan fingerprint density at radius 1 is 1.00 bits per heavy atom. The fraction of sp³-hybridized carbons (Fsp3) is 0.278. The molecule has 2 aromatic rings. The molecule has 0 fully saturated rings. The highest BCUT2D eigenvalue weighted by Gasteiger charge is 2.31. The van der Waals surface area contributed by atoms with Crippen molar-refractivity contribution in [1.29, 1.82) is 0 Å². The molecule has 0 saturated heterocycles. The average Bonchev–Trinajstić information content (AvgIpc) is 2.50. The van der Waals surface area contributed by atoms with Gasteiger partial charge in [-0.25, -0.2) is 4.79 Å². The van der Waals surface area contributed by atoms with E-state index in [9.17, 15) is 4.79 Å². The number of cyclic esters (lactones) is 1. The van der Waals surface area contributed by atoms with E-state index < -0.39 is 0 Å². The smallest absolute Gasteiger partial charge is 0.338 e. The molecule has 0 aliphatic carbocycles. The third-order valence-electron chi connectivity index (χ3n) is 4.05. The Hall–Kier alpha value is -2.09. The van der Waals surface area contributed by atoms with Crippen LogP contribution in [0, 0.1) is 0 Å². The van der Waals surface area contributed by atoms with Gasteiger partial charge in [0.2, 0.25) is 0 Å². The summed E-state index contributed by atoms with van der Waals surface area (Å²) in [6.07, 6.45) is 1.77. The number of carbonyl (C=O) groups excluding carboxylic acids is 1. The molecule has 0 N–H and O–H groups in total. The summed E-state index contributed by atoms with van der Waals surface area (Å²) in [5.41, 5.74) is 3.12. The molecule has 2 heteroatoms. The predicted octanol–water partition coefficient (Wildman–Crippen LogP) is 3.96. The lowest BCUT2D eigenvalue weighted by Gasteiger charge is -2.30. The molecule has 0 amide bonds. The third kappa shape index (κ3) is 2.46. The number of aryl methyl sites for hydroxylation is 1. The van der Waals surface area contributed by atoms with Gasteiger partial charge in [-0.2, -0.15) is 0 Å². The van der Waals surface area contributed by atoms with Crippen LogP contribution in [0.3, 0.4) is 0 Å². The van der Waals surface area contributed by atoms with E-state index in [0.29, 0.717) is 0 Å². The molecular formula is C18H18O2. The van der Waals surface area contributed by atoms with E-state index in [4.69, 9.17) is 4.74 Å². The number of esters is 1. The van der Waals surface area contributed by atoms with Gasteiger partial charge in [-0.05, 0) is 30.0 Å². The van der Waals surface area contributed by atoms with Crippen LogP contribution >= 0.6 is 0 Å². The minimum Gasteiger partial charge on any atom is -0.458 e. The second kappa shape index (κ2) is 5.49. The molecule has 0 saturated carbocycles. The Bertz CT molecular complexity index is 604. The van der Waals surface area contributed by atoms with Crippen molar-refractivity contribution in [3.8, 4) is 0 Å². The van der Waals surface area contributed by atoms with Crippen LogP contribution in [0.2, 0.25) is 0 Å². The predicted molar refractivity (Wildman–Crippen MR) is 78.8 cm³/mol. The lowest BCUT2D eigenvalue weighted by atomic mass is 9.86. The highest BCUT2D eigenvalue weighted by Crippen LogP contribution is 2.33. The van der Waals surface area contributed by atoms with Crippen LogP contribution < -0.4 is 0 Å². The van der Waals surface area contributed by atoms with Gasteiger partial charge >= 0.3 is 5.97 Å². The van der Waals surface area contributed by atoms with Crippen molar-refractivity contribution in [3.63, 3.8) is 0 Å². The van der Waals surface area contributed by atoms with Crippen molar-refractivity contribution >= 4 is 5.97 Å². The molecule has 2 nitrogen and oxygen atoms in total. The SMILES string of the molecule is C[C@@H]1c2ccccc2C(=O)O[C@H]1CCc1ccccc1. The maximum Gasteiger partial charge on any atom is 0.338 e. The van der Waals surface area contributed by atoms with Crippen LogP contribution in [0.15, 0.2) is 54.6 Å². The Kier molecular flexibility index (Phi) is 3.55. The first-order valence-corrected chi connectivity index (χ1v) is 7.09. The maximum atomic E-state index is 12.0. The van der Waals surface area contributed by atoms with Crippen molar-refractivity contribution in [1.82, 2.24) is 0 Å². The van der Waals surface area contributed by atoms with Crippen molar-refractivity contribution in [3.05, 3.63) is 71.3 Å². The Labute approximate surface area is 119 Å². The molecule has 102 valence electrons. The summed E-state index contributed by atoms with van der Waals surface area (Å²) in [5, 5.41) is 0. The summed E-state index contributed by atoms with van der Waals surface area (Å²) in [5.74, 6) is 0.0735. The largest absolute Gasteiger partial charge is 0.458 e. The molecule has 0 unspecified atom stereocenters. The molecule has 0 bridgehead atoms. The summed E-state index contributed by atoms with van der Waals surface area (Å²) >= 11 is 0. The molecule has 0 aromatic heterocycles. The molecule has 1 heterocycles. The summed E-state index contributed by atoms with van der Waals surface area (Å²) in [6.45, 7) is 2.14. The third-order valence-corrected chi connectivity index (χ3v) is 4.05. The fourth-order valence-electron chi connectivity index (χ4n) is 2.85. The first-order valence-electron chi connectivity index (χ1n) is 7.09. The zero-order valence-corrected chi connectivity index (χ0v) is 11.6. The van der Waals surface area contributed by atoms with Crippen molar-refractivity contribution in [2.75, 3.05) is 0 Å². The first-order chi connectivity index (χ1) is 9.75. The van der Waals surface area contributed by atoms with Gasteiger partial charge in [-0.3, -0.25) is 0 Å². The number of benzene rings is 2. The highest BCUT2D eigenvalue weighted by molar-refractivity contribution is 5.92. The number of ether oxygens (including phenoxy) is 1. The number of rotatable bonds is 3. The summed E-state index contributed by atoms with van der Waals surface area (Å²) in [7, 11) is 0. The van der Waals surface area contributed by atoms with Gasteiger partial charge in [-0.1, -0.05) is 55.5 Å². The van der Waals surface area contributed by atoms with Gasteiger partial charge in [0.25, 0.3) is 0 Å². The number of hydrogen-bond acceptors (Lipinski definition) is 2. The van der Waals surface area contributed by atoms with Crippen molar-refractivity contribution < 1.29 is 9.53 Å². The van der Waals surface area contributed by atoms with Crippen molar-refractivity contribution in [2.24, 2.45) is 0 Å². The van der Waals surface area contributed by atoms with Gasteiger partial charge in [0, 0.05) is 5.92 Å². The molecule has 3 rings (SSSR count). The Morgan fingerprint density at radius 3 is 2.50 bits per heavy atom. The van der Waals surface area contributed by atoms with Gasteiger partial charge in [0.1, 0.15) is 6.10 Å². The first kappa shape index (κ1) is 12.9. The molecular weight excluding hydrogens is 248 g/mol. The summed E-state index contributed by atoms with van der Waals surface area (Å²) in [6, 6.07) is 18.1. The summed E-state index contributed by atoms with van der Waals surface area (Å²) < 4.78 is 5.61. The Balaban J connectivity index is 1.75. The number of hydrogen-bond donors (Lipinski definition) is 0. The van der Waals surface area contributed by atoms with Gasteiger partial charge < -0.3 is 4.74 Å². The highest BCUT2D eigenvalue weighted by atomic mass is 16.5. The van der Waals surface area contributed by atoms with Crippen molar-refractivity contribution in [2.45, 2.75) is 31.8 Å². The van der Waals surface area contributed by atoms with Gasteiger partial charge in [-0.15, -0.1) is 0 Å². The fourth-order valence-corrected chi connectivity index (χ4v) is 2.85. The quantitative estimate of drug-likeness (QED) is 0.786. The van der Waals surface area contributed by atoms with Gasteiger partial charge in [0.15, 0.2) is 0 Å². The number of carbonyl (C=O) groups is 1. The van der Waals surface area contributed by atoms with E-state index in [0.717, 1.165) is 24.0 Å². The minimum absolute atomic E-state index is 0.0300. The Morgan fingerprint density at radius 2 is 1.70 bits per heavy atom. The molecule has 1 aliphatic heterocycles. The van der Waals surface area contributed by atoms with E-state index in [1.807, 2.05) is 42.5 Å². The van der Waals surface area contributed by atoms with E-state index in [1.165, 1.54) is 5.56 Å². The average molecular weight is 266 g/mol.